The topological polar surface area (TPSA) is 35.5 Å². The van der Waals surface area contributed by atoms with Crippen molar-refractivity contribution in [3.63, 3.8) is 0 Å². The molecule has 3 fully saturated rings. The number of rotatable bonds is 6. The molecular weight excluding hydrogens is 228 g/mol. The average Bonchev–Trinajstić information content (AvgIpc) is 2.35. The van der Waals surface area contributed by atoms with Gasteiger partial charge < -0.3 is 14.3 Å². The predicted octanol–water partition coefficient (Wildman–Crippen LogP) is 2.78. The fraction of sp³-hybridized carbons (Fsp3) is 0.933. The Morgan fingerprint density at radius 2 is 2.28 bits per heavy atom. The van der Waals surface area contributed by atoms with Gasteiger partial charge in [0.15, 0.2) is 6.29 Å². The van der Waals surface area contributed by atoms with Crippen molar-refractivity contribution < 1.29 is 14.3 Å². The second kappa shape index (κ2) is 4.93. The minimum Gasteiger partial charge on any atom is -0.355 e. The number of methoxy groups -OCH3 is 1. The van der Waals surface area contributed by atoms with Crippen LogP contribution in [0.15, 0.2) is 0 Å². The van der Waals surface area contributed by atoms with Gasteiger partial charge in [-0.1, -0.05) is 6.42 Å². The third kappa shape index (κ3) is 2.01. The lowest BCUT2D eigenvalue weighted by Gasteiger charge is -2.62. The Kier molecular flexibility index (Phi) is 3.46. The van der Waals surface area contributed by atoms with E-state index in [0.29, 0.717) is 11.8 Å². The summed E-state index contributed by atoms with van der Waals surface area (Å²) in [6.07, 6.45) is 9.30. The molecule has 2 bridgehead atoms. The summed E-state index contributed by atoms with van der Waals surface area (Å²) in [5, 5.41) is 0. The van der Waals surface area contributed by atoms with Crippen LogP contribution in [0, 0.1) is 23.2 Å². The second-order valence-corrected chi connectivity index (χ2v) is 6.53. The molecule has 0 amide bonds. The lowest BCUT2D eigenvalue weighted by Crippen LogP contribution is -2.56. The van der Waals surface area contributed by atoms with E-state index in [1.807, 2.05) is 0 Å². The zero-order valence-corrected chi connectivity index (χ0v) is 11.3. The molecule has 0 aromatic heterocycles. The van der Waals surface area contributed by atoms with E-state index in [2.05, 4.69) is 0 Å². The van der Waals surface area contributed by atoms with Gasteiger partial charge in [-0.15, -0.1) is 0 Å². The number of fused-ring (bicyclic) bond motifs is 1. The van der Waals surface area contributed by atoms with E-state index < -0.39 is 0 Å². The Labute approximate surface area is 109 Å². The van der Waals surface area contributed by atoms with Crippen molar-refractivity contribution in [1.29, 1.82) is 0 Å². The zero-order valence-electron chi connectivity index (χ0n) is 11.3. The highest BCUT2D eigenvalue weighted by Crippen LogP contribution is 2.64. The van der Waals surface area contributed by atoms with E-state index >= 15 is 0 Å². The quantitative estimate of drug-likeness (QED) is 0.538. The largest absolute Gasteiger partial charge is 0.355 e. The van der Waals surface area contributed by atoms with Crippen molar-refractivity contribution in [3.05, 3.63) is 0 Å². The molecule has 3 nitrogen and oxygen atoms in total. The van der Waals surface area contributed by atoms with Crippen molar-refractivity contribution >= 4 is 6.29 Å². The monoisotopic (exact) mass is 252 g/mol. The first-order chi connectivity index (χ1) is 8.77. The third-order valence-electron chi connectivity index (χ3n) is 5.72. The molecule has 0 heterocycles. The lowest BCUT2D eigenvalue weighted by molar-refractivity contribution is -0.208. The Balaban J connectivity index is 1.57. The normalized spacial score (nSPS) is 43.1. The molecule has 0 radical (unpaired) electrons. The van der Waals surface area contributed by atoms with E-state index in [0.717, 1.165) is 30.6 Å². The van der Waals surface area contributed by atoms with Crippen LogP contribution in [0.25, 0.3) is 0 Å². The van der Waals surface area contributed by atoms with E-state index in [1.54, 1.807) is 7.11 Å². The van der Waals surface area contributed by atoms with Crippen LogP contribution in [0.4, 0.5) is 0 Å². The Bertz CT molecular complexity index is 313. The molecule has 0 N–H and O–H groups in total. The highest BCUT2D eigenvalue weighted by atomic mass is 16.7. The van der Waals surface area contributed by atoms with Crippen molar-refractivity contribution in [3.8, 4) is 0 Å². The Hall–Kier alpha value is -0.410. The molecule has 3 aliphatic rings. The average molecular weight is 252 g/mol. The highest BCUT2D eigenvalue weighted by molar-refractivity contribution is 5.49. The van der Waals surface area contributed by atoms with Crippen LogP contribution < -0.4 is 0 Å². The number of hydrogen-bond acceptors (Lipinski definition) is 3. The Morgan fingerprint density at radius 1 is 1.39 bits per heavy atom. The van der Waals surface area contributed by atoms with Gasteiger partial charge in [0.05, 0.1) is 13.0 Å². The third-order valence-corrected chi connectivity index (χ3v) is 5.72. The summed E-state index contributed by atoms with van der Waals surface area (Å²) in [4.78, 5) is 10.5. The fourth-order valence-electron chi connectivity index (χ4n) is 4.68. The Morgan fingerprint density at radius 3 is 3.06 bits per heavy atom. The van der Waals surface area contributed by atoms with Crippen molar-refractivity contribution in [2.75, 3.05) is 13.7 Å². The number of hydrogen-bond donors (Lipinski definition) is 0. The van der Waals surface area contributed by atoms with Crippen molar-refractivity contribution in [2.24, 2.45) is 23.2 Å². The fourth-order valence-corrected chi connectivity index (χ4v) is 4.68. The van der Waals surface area contributed by atoms with Gasteiger partial charge in [-0.05, 0) is 55.3 Å². The number of carbonyl (C=O) groups is 1. The first-order valence-electron chi connectivity index (χ1n) is 7.35. The lowest BCUT2D eigenvalue weighted by atomic mass is 9.43. The van der Waals surface area contributed by atoms with Crippen LogP contribution in [-0.4, -0.2) is 26.3 Å². The zero-order chi connectivity index (χ0) is 12.6. The maximum absolute atomic E-state index is 10.5. The van der Waals surface area contributed by atoms with Crippen molar-refractivity contribution in [2.45, 2.75) is 51.2 Å². The summed E-state index contributed by atoms with van der Waals surface area (Å²) >= 11 is 0. The van der Waals surface area contributed by atoms with Gasteiger partial charge in [0.1, 0.15) is 6.29 Å². The molecular formula is C15H24O3. The maximum Gasteiger partial charge on any atom is 0.163 e. The summed E-state index contributed by atoms with van der Waals surface area (Å²) < 4.78 is 11.0. The van der Waals surface area contributed by atoms with E-state index in [4.69, 9.17) is 9.47 Å². The summed E-state index contributed by atoms with van der Waals surface area (Å²) in [5.41, 5.74) is 0.432. The van der Waals surface area contributed by atoms with E-state index in [9.17, 15) is 4.79 Å². The number of aldehydes is 1. The minimum absolute atomic E-state index is 0.336. The van der Waals surface area contributed by atoms with Gasteiger partial charge in [0.25, 0.3) is 0 Å². The van der Waals surface area contributed by atoms with Crippen LogP contribution in [0.2, 0.25) is 0 Å². The smallest absolute Gasteiger partial charge is 0.163 e. The molecule has 0 spiro atoms. The summed E-state index contributed by atoms with van der Waals surface area (Å²) in [7, 11) is 1.62. The molecule has 5 atom stereocenters. The van der Waals surface area contributed by atoms with Gasteiger partial charge >= 0.3 is 0 Å². The van der Waals surface area contributed by atoms with Crippen LogP contribution >= 0.6 is 0 Å². The number of ether oxygens (including phenoxy) is 2. The molecule has 3 heteroatoms. The predicted molar refractivity (Wildman–Crippen MR) is 68.0 cm³/mol. The number of carbonyl (C=O) groups excluding carboxylic acids is 1. The standard InChI is InChI=1S/C15H24O3/c1-17-14(5-7-16)18-10-15-6-4-11-2-3-12(9-15)13(15)8-11/h7,11-14H,2-6,8-10H2,1H3. The van der Waals surface area contributed by atoms with Gasteiger partial charge in [-0.3, -0.25) is 0 Å². The van der Waals surface area contributed by atoms with E-state index in [-0.39, 0.29) is 6.29 Å². The maximum atomic E-state index is 10.5. The van der Waals surface area contributed by atoms with Gasteiger partial charge in [0, 0.05) is 7.11 Å². The second-order valence-electron chi connectivity index (χ2n) is 6.53. The van der Waals surface area contributed by atoms with Crippen molar-refractivity contribution in [1.82, 2.24) is 0 Å². The van der Waals surface area contributed by atoms with Gasteiger partial charge in [-0.25, -0.2) is 0 Å². The van der Waals surface area contributed by atoms with Crippen LogP contribution in [-0.2, 0) is 14.3 Å². The molecule has 18 heavy (non-hydrogen) atoms. The first kappa shape index (κ1) is 12.6. The van der Waals surface area contributed by atoms with Gasteiger partial charge in [-0.2, -0.15) is 0 Å². The first-order valence-corrected chi connectivity index (χ1v) is 7.35. The van der Waals surface area contributed by atoms with E-state index in [1.165, 1.54) is 38.5 Å². The molecule has 3 saturated carbocycles. The van der Waals surface area contributed by atoms with Crippen LogP contribution in [0.5, 0.6) is 0 Å². The summed E-state index contributed by atoms with van der Waals surface area (Å²) in [6, 6.07) is 0. The highest BCUT2D eigenvalue weighted by Gasteiger charge is 2.57. The van der Waals surface area contributed by atoms with Crippen LogP contribution in [0.1, 0.15) is 44.9 Å². The molecule has 0 aromatic carbocycles. The molecule has 3 aliphatic carbocycles. The molecule has 102 valence electrons. The SMILES string of the molecule is COC(CC=O)OCC12CCC3CCC(C1)C2C3. The van der Waals surface area contributed by atoms with Gasteiger partial charge in [0.2, 0.25) is 0 Å². The molecule has 3 rings (SSSR count). The molecule has 0 aliphatic heterocycles. The molecule has 0 saturated heterocycles. The van der Waals surface area contributed by atoms with Crippen LogP contribution in [0.3, 0.4) is 0 Å². The summed E-state index contributed by atoms with van der Waals surface area (Å²) in [5.74, 6) is 2.86. The molecule has 5 unspecified atom stereocenters. The minimum atomic E-state index is -0.336. The molecule has 0 aromatic rings. The summed E-state index contributed by atoms with van der Waals surface area (Å²) in [6.45, 7) is 0.799.